The molecule has 0 fully saturated rings. The summed E-state index contributed by atoms with van der Waals surface area (Å²) in [7, 11) is 0. The second-order valence-corrected chi connectivity index (χ2v) is 5.65. The minimum absolute atomic E-state index is 0.299. The highest BCUT2D eigenvalue weighted by atomic mass is 79.9. The molecule has 2 nitrogen and oxygen atoms in total. The van der Waals surface area contributed by atoms with Gasteiger partial charge in [-0.25, -0.2) is 9.37 Å². The lowest BCUT2D eigenvalue weighted by molar-refractivity contribution is 0.623. The van der Waals surface area contributed by atoms with E-state index in [0.717, 1.165) is 21.4 Å². The number of nitrogens with zero attached hydrogens (tertiary/aromatic N) is 1. The number of nitrogens with one attached hydrogen (secondary N) is 1. The number of hydrogen-bond donors (Lipinski definition) is 1. The van der Waals surface area contributed by atoms with Crippen LogP contribution in [0.1, 0.15) is 0 Å². The maximum absolute atomic E-state index is 13.4. The summed E-state index contributed by atoms with van der Waals surface area (Å²) in [4.78, 5) is 7.57. The van der Waals surface area contributed by atoms with Crippen molar-refractivity contribution >= 4 is 42.9 Å². The van der Waals surface area contributed by atoms with E-state index in [4.69, 9.17) is 0 Å². The molecule has 0 radical (unpaired) electrons. The lowest BCUT2D eigenvalue weighted by Gasteiger charge is -1.96. The standard InChI is InChI=1S/C13H7Br2FN2/c14-8-3-1-2-7(4-8)13-17-11-5-9(15)10(16)6-12(11)18-13/h1-6H,(H,17,18). The molecule has 0 aliphatic rings. The van der Waals surface area contributed by atoms with Gasteiger partial charge in [0.1, 0.15) is 11.6 Å². The molecular formula is C13H7Br2FN2. The second-order valence-electron chi connectivity index (χ2n) is 3.88. The van der Waals surface area contributed by atoms with Crippen molar-refractivity contribution in [3.8, 4) is 11.4 Å². The van der Waals surface area contributed by atoms with Gasteiger partial charge in [0.05, 0.1) is 15.5 Å². The average Bonchev–Trinajstić information content (AvgIpc) is 2.73. The van der Waals surface area contributed by atoms with E-state index in [9.17, 15) is 4.39 Å². The van der Waals surface area contributed by atoms with E-state index in [0.29, 0.717) is 9.99 Å². The van der Waals surface area contributed by atoms with E-state index in [-0.39, 0.29) is 5.82 Å². The van der Waals surface area contributed by atoms with E-state index in [1.807, 2.05) is 24.3 Å². The molecule has 0 saturated heterocycles. The molecule has 5 heteroatoms. The molecule has 0 amide bonds. The molecule has 1 heterocycles. The molecule has 0 aliphatic heterocycles. The van der Waals surface area contributed by atoms with Crippen molar-refractivity contribution in [3.63, 3.8) is 0 Å². The minimum atomic E-state index is -0.299. The smallest absolute Gasteiger partial charge is 0.139 e. The third kappa shape index (κ3) is 2.08. The van der Waals surface area contributed by atoms with Crippen LogP contribution in [-0.4, -0.2) is 9.97 Å². The highest BCUT2D eigenvalue weighted by Gasteiger charge is 2.08. The lowest BCUT2D eigenvalue weighted by Crippen LogP contribution is -1.79. The summed E-state index contributed by atoms with van der Waals surface area (Å²) in [5.41, 5.74) is 2.38. The van der Waals surface area contributed by atoms with Crippen LogP contribution in [-0.2, 0) is 0 Å². The normalized spacial score (nSPS) is 11.1. The zero-order chi connectivity index (χ0) is 12.7. The molecule has 1 aromatic heterocycles. The van der Waals surface area contributed by atoms with Gasteiger partial charge in [-0.1, -0.05) is 28.1 Å². The van der Waals surface area contributed by atoms with Crippen LogP contribution >= 0.6 is 31.9 Å². The van der Waals surface area contributed by atoms with Crippen LogP contribution < -0.4 is 0 Å². The molecule has 3 aromatic rings. The van der Waals surface area contributed by atoms with Gasteiger partial charge in [0.25, 0.3) is 0 Å². The first-order chi connectivity index (χ1) is 8.63. The Kier molecular flexibility index (Phi) is 2.95. The number of H-pyrrole nitrogens is 1. The van der Waals surface area contributed by atoms with Crippen molar-refractivity contribution < 1.29 is 4.39 Å². The van der Waals surface area contributed by atoms with Crippen molar-refractivity contribution in [1.82, 2.24) is 9.97 Å². The van der Waals surface area contributed by atoms with Gasteiger partial charge in [0.15, 0.2) is 0 Å². The van der Waals surface area contributed by atoms with Crippen molar-refractivity contribution in [3.05, 3.63) is 51.2 Å². The maximum atomic E-state index is 13.4. The van der Waals surface area contributed by atoms with E-state index in [1.54, 1.807) is 6.07 Å². The van der Waals surface area contributed by atoms with Crippen molar-refractivity contribution in [2.75, 3.05) is 0 Å². The van der Waals surface area contributed by atoms with Crippen LogP contribution in [0.4, 0.5) is 4.39 Å². The van der Waals surface area contributed by atoms with Crippen molar-refractivity contribution in [2.45, 2.75) is 0 Å². The van der Waals surface area contributed by atoms with Gasteiger partial charge in [0, 0.05) is 16.1 Å². The Morgan fingerprint density at radius 1 is 1.11 bits per heavy atom. The molecule has 90 valence electrons. The quantitative estimate of drug-likeness (QED) is 0.649. The summed E-state index contributed by atoms with van der Waals surface area (Å²) < 4.78 is 14.8. The first-order valence-electron chi connectivity index (χ1n) is 5.24. The first-order valence-corrected chi connectivity index (χ1v) is 6.83. The fourth-order valence-corrected chi connectivity index (χ4v) is 2.51. The van der Waals surface area contributed by atoms with Gasteiger partial charge >= 0.3 is 0 Å². The Bertz CT molecular complexity index is 698. The molecule has 0 aliphatic carbocycles. The third-order valence-electron chi connectivity index (χ3n) is 2.62. The monoisotopic (exact) mass is 368 g/mol. The van der Waals surface area contributed by atoms with Gasteiger partial charge in [0.2, 0.25) is 0 Å². The zero-order valence-electron chi connectivity index (χ0n) is 9.05. The van der Waals surface area contributed by atoms with Crippen LogP contribution in [0.3, 0.4) is 0 Å². The number of fused-ring (bicyclic) bond motifs is 1. The number of benzene rings is 2. The van der Waals surface area contributed by atoms with Crippen LogP contribution in [0.2, 0.25) is 0 Å². The maximum Gasteiger partial charge on any atom is 0.139 e. The van der Waals surface area contributed by atoms with Gasteiger partial charge in [-0.3, -0.25) is 0 Å². The third-order valence-corrected chi connectivity index (χ3v) is 3.72. The fraction of sp³-hybridized carbons (Fsp3) is 0. The van der Waals surface area contributed by atoms with Crippen LogP contribution in [0.5, 0.6) is 0 Å². The van der Waals surface area contributed by atoms with E-state index in [2.05, 4.69) is 41.8 Å². The minimum Gasteiger partial charge on any atom is -0.338 e. The summed E-state index contributed by atoms with van der Waals surface area (Å²) in [6, 6.07) is 10.9. The van der Waals surface area contributed by atoms with Crippen LogP contribution in [0.15, 0.2) is 45.3 Å². The van der Waals surface area contributed by atoms with Gasteiger partial charge in [-0.05, 0) is 34.1 Å². The number of hydrogen-bond acceptors (Lipinski definition) is 1. The molecular weight excluding hydrogens is 363 g/mol. The molecule has 0 atom stereocenters. The predicted molar refractivity (Wildman–Crippen MR) is 76.9 cm³/mol. The van der Waals surface area contributed by atoms with E-state index >= 15 is 0 Å². The first kappa shape index (κ1) is 11.9. The second kappa shape index (κ2) is 4.48. The zero-order valence-corrected chi connectivity index (χ0v) is 12.2. The Hall–Kier alpha value is -1.20. The summed E-state index contributed by atoms with van der Waals surface area (Å²) in [5.74, 6) is 0.427. The molecule has 2 aromatic carbocycles. The van der Waals surface area contributed by atoms with Gasteiger partial charge in [-0.15, -0.1) is 0 Å². The topological polar surface area (TPSA) is 28.7 Å². The Labute approximate surface area is 119 Å². The van der Waals surface area contributed by atoms with Gasteiger partial charge in [-0.2, -0.15) is 0 Å². The highest BCUT2D eigenvalue weighted by Crippen LogP contribution is 2.26. The molecule has 0 bridgehead atoms. The highest BCUT2D eigenvalue weighted by molar-refractivity contribution is 9.10. The largest absolute Gasteiger partial charge is 0.338 e. The summed E-state index contributed by atoms with van der Waals surface area (Å²) in [6.07, 6.45) is 0. The summed E-state index contributed by atoms with van der Waals surface area (Å²) >= 11 is 6.57. The Morgan fingerprint density at radius 3 is 2.72 bits per heavy atom. The van der Waals surface area contributed by atoms with Crippen LogP contribution in [0, 0.1) is 5.82 Å². The SMILES string of the molecule is Fc1cc2[nH]c(-c3cccc(Br)c3)nc2cc1Br. The van der Waals surface area contributed by atoms with Crippen LogP contribution in [0.25, 0.3) is 22.4 Å². The lowest BCUT2D eigenvalue weighted by atomic mass is 10.2. The fourth-order valence-electron chi connectivity index (χ4n) is 1.78. The van der Waals surface area contributed by atoms with Crippen molar-refractivity contribution in [1.29, 1.82) is 0 Å². The molecule has 0 spiro atoms. The number of aromatic amines is 1. The summed E-state index contributed by atoms with van der Waals surface area (Å²) in [6.45, 7) is 0. The van der Waals surface area contributed by atoms with E-state index in [1.165, 1.54) is 6.07 Å². The molecule has 18 heavy (non-hydrogen) atoms. The van der Waals surface area contributed by atoms with Gasteiger partial charge < -0.3 is 4.98 Å². The average molecular weight is 370 g/mol. The Morgan fingerprint density at radius 2 is 1.94 bits per heavy atom. The number of imidazole rings is 1. The molecule has 0 saturated carbocycles. The summed E-state index contributed by atoms with van der Waals surface area (Å²) in [5, 5.41) is 0. The Balaban J connectivity index is 2.19. The predicted octanol–water partition coefficient (Wildman–Crippen LogP) is 4.89. The molecule has 1 N–H and O–H groups in total. The number of halogens is 3. The van der Waals surface area contributed by atoms with Crippen molar-refractivity contribution in [2.24, 2.45) is 0 Å². The molecule has 0 unspecified atom stereocenters. The van der Waals surface area contributed by atoms with E-state index < -0.39 is 0 Å². The number of aromatic nitrogens is 2. The number of rotatable bonds is 1. The molecule has 3 rings (SSSR count).